The molecule has 0 aliphatic heterocycles. The maximum Gasteiger partial charge on any atom is 0.221 e. The van der Waals surface area contributed by atoms with E-state index in [-0.39, 0.29) is 11.7 Å². The van der Waals surface area contributed by atoms with Gasteiger partial charge in [0.25, 0.3) is 0 Å². The Morgan fingerprint density at radius 2 is 2.11 bits per heavy atom. The standard InChI is InChI=1S/C14H22FN3O/c1-16-7-6-14(19)17-9-11-4-5-13(15)12(8-11)10-18(2)3/h4-5,8,16H,6-7,9-10H2,1-3H3,(H,17,19). The predicted molar refractivity (Wildman–Crippen MR) is 74.2 cm³/mol. The smallest absolute Gasteiger partial charge is 0.221 e. The molecule has 0 saturated heterocycles. The van der Waals surface area contributed by atoms with E-state index in [9.17, 15) is 9.18 Å². The fourth-order valence-electron chi connectivity index (χ4n) is 1.73. The number of hydrogen-bond donors (Lipinski definition) is 2. The molecule has 0 aliphatic carbocycles. The number of rotatable bonds is 7. The predicted octanol–water partition coefficient (Wildman–Crippen LogP) is 1.11. The van der Waals surface area contributed by atoms with Crippen molar-refractivity contribution in [3.8, 4) is 0 Å². The molecule has 4 nitrogen and oxygen atoms in total. The van der Waals surface area contributed by atoms with E-state index < -0.39 is 0 Å². The second-order valence-corrected chi connectivity index (χ2v) is 4.79. The van der Waals surface area contributed by atoms with Crippen molar-refractivity contribution in [3.63, 3.8) is 0 Å². The quantitative estimate of drug-likeness (QED) is 0.778. The Morgan fingerprint density at radius 3 is 2.74 bits per heavy atom. The maximum absolute atomic E-state index is 13.6. The molecule has 0 heterocycles. The van der Waals surface area contributed by atoms with Crippen LogP contribution in [0, 0.1) is 5.82 Å². The summed E-state index contributed by atoms with van der Waals surface area (Å²) in [6, 6.07) is 4.95. The lowest BCUT2D eigenvalue weighted by atomic mass is 10.1. The lowest BCUT2D eigenvalue weighted by Gasteiger charge is -2.12. The number of amides is 1. The molecule has 106 valence electrons. The summed E-state index contributed by atoms with van der Waals surface area (Å²) >= 11 is 0. The summed E-state index contributed by atoms with van der Waals surface area (Å²) in [5, 5.41) is 5.74. The SMILES string of the molecule is CNCCC(=O)NCc1ccc(F)c(CN(C)C)c1. The second kappa shape index (κ2) is 7.86. The number of benzene rings is 1. The molecule has 1 rings (SSSR count). The van der Waals surface area contributed by atoms with Crippen LogP contribution in [0.5, 0.6) is 0 Å². The number of carbonyl (C=O) groups excluding carboxylic acids is 1. The summed E-state index contributed by atoms with van der Waals surface area (Å²) in [6.07, 6.45) is 0.447. The first-order valence-electron chi connectivity index (χ1n) is 6.36. The number of carbonyl (C=O) groups is 1. The van der Waals surface area contributed by atoms with Gasteiger partial charge in [-0.25, -0.2) is 4.39 Å². The van der Waals surface area contributed by atoms with E-state index in [1.54, 1.807) is 19.2 Å². The molecule has 0 aromatic heterocycles. The van der Waals surface area contributed by atoms with Gasteiger partial charge in [0, 0.05) is 31.6 Å². The molecule has 0 saturated carbocycles. The largest absolute Gasteiger partial charge is 0.352 e. The van der Waals surface area contributed by atoms with Gasteiger partial charge in [0.05, 0.1) is 0 Å². The molecule has 5 heteroatoms. The summed E-state index contributed by atoms with van der Waals surface area (Å²) in [5.41, 5.74) is 1.56. The lowest BCUT2D eigenvalue weighted by Crippen LogP contribution is -2.26. The third kappa shape index (κ3) is 5.81. The highest BCUT2D eigenvalue weighted by Crippen LogP contribution is 2.12. The Balaban J connectivity index is 2.56. The van der Waals surface area contributed by atoms with Gasteiger partial charge in [-0.1, -0.05) is 6.07 Å². The number of nitrogens with one attached hydrogen (secondary N) is 2. The third-order valence-corrected chi connectivity index (χ3v) is 2.69. The Kier molecular flexibility index (Phi) is 6.45. The van der Waals surface area contributed by atoms with Crippen molar-refractivity contribution in [3.05, 3.63) is 35.1 Å². The van der Waals surface area contributed by atoms with Gasteiger partial charge in [-0.05, 0) is 38.8 Å². The second-order valence-electron chi connectivity index (χ2n) is 4.79. The molecule has 19 heavy (non-hydrogen) atoms. The summed E-state index contributed by atoms with van der Waals surface area (Å²) in [4.78, 5) is 13.4. The normalized spacial score (nSPS) is 10.8. The number of halogens is 1. The molecule has 2 N–H and O–H groups in total. The third-order valence-electron chi connectivity index (χ3n) is 2.69. The minimum Gasteiger partial charge on any atom is -0.352 e. The first kappa shape index (κ1) is 15.6. The van der Waals surface area contributed by atoms with Gasteiger partial charge in [0.2, 0.25) is 5.91 Å². The van der Waals surface area contributed by atoms with E-state index in [1.807, 2.05) is 19.0 Å². The monoisotopic (exact) mass is 267 g/mol. The Bertz CT molecular complexity index is 421. The van der Waals surface area contributed by atoms with Crippen LogP contribution in [0.2, 0.25) is 0 Å². The van der Waals surface area contributed by atoms with Crippen molar-refractivity contribution in [1.29, 1.82) is 0 Å². The zero-order valence-electron chi connectivity index (χ0n) is 11.8. The van der Waals surface area contributed by atoms with Crippen LogP contribution in [0.4, 0.5) is 4.39 Å². The molecule has 1 aromatic carbocycles. The molecular formula is C14H22FN3O. The minimum absolute atomic E-state index is 0.00663. The highest BCUT2D eigenvalue weighted by molar-refractivity contribution is 5.76. The summed E-state index contributed by atoms with van der Waals surface area (Å²) in [5.74, 6) is -0.216. The zero-order valence-corrected chi connectivity index (χ0v) is 11.8. The van der Waals surface area contributed by atoms with Crippen LogP contribution in [-0.4, -0.2) is 38.5 Å². The van der Waals surface area contributed by atoms with E-state index in [0.29, 0.717) is 31.6 Å². The van der Waals surface area contributed by atoms with Crippen molar-refractivity contribution < 1.29 is 9.18 Å². The summed E-state index contributed by atoms with van der Waals surface area (Å²) < 4.78 is 13.6. The highest BCUT2D eigenvalue weighted by Gasteiger charge is 2.06. The summed E-state index contributed by atoms with van der Waals surface area (Å²) in [7, 11) is 5.60. The van der Waals surface area contributed by atoms with Gasteiger partial charge in [-0.3, -0.25) is 4.79 Å². The van der Waals surface area contributed by atoms with Gasteiger partial charge >= 0.3 is 0 Å². The molecule has 0 aliphatic rings. The van der Waals surface area contributed by atoms with E-state index >= 15 is 0 Å². The van der Waals surface area contributed by atoms with Gasteiger partial charge < -0.3 is 15.5 Å². The van der Waals surface area contributed by atoms with E-state index in [2.05, 4.69) is 10.6 Å². The molecule has 0 atom stereocenters. The molecule has 0 radical (unpaired) electrons. The van der Waals surface area contributed by atoms with Crippen LogP contribution in [0.25, 0.3) is 0 Å². The Hall–Kier alpha value is -1.46. The van der Waals surface area contributed by atoms with Crippen molar-refractivity contribution in [2.24, 2.45) is 0 Å². The molecule has 0 spiro atoms. The van der Waals surface area contributed by atoms with Gasteiger partial charge in [0.1, 0.15) is 5.82 Å². The number of nitrogens with zero attached hydrogens (tertiary/aromatic N) is 1. The van der Waals surface area contributed by atoms with Crippen LogP contribution >= 0.6 is 0 Å². The van der Waals surface area contributed by atoms with Crippen LogP contribution in [0.1, 0.15) is 17.5 Å². The zero-order chi connectivity index (χ0) is 14.3. The average molecular weight is 267 g/mol. The van der Waals surface area contributed by atoms with Gasteiger partial charge in [-0.2, -0.15) is 0 Å². The fourth-order valence-corrected chi connectivity index (χ4v) is 1.73. The van der Waals surface area contributed by atoms with Crippen molar-refractivity contribution in [2.45, 2.75) is 19.5 Å². The van der Waals surface area contributed by atoms with Crippen molar-refractivity contribution in [1.82, 2.24) is 15.5 Å². The number of hydrogen-bond acceptors (Lipinski definition) is 3. The molecule has 0 bridgehead atoms. The molecule has 1 amide bonds. The van der Waals surface area contributed by atoms with Crippen molar-refractivity contribution >= 4 is 5.91 Å². The summed E-state index contributed by atoms with van der Waals surface area (Å²) in [6.45, 7) is 1.64. The van der Waals surface area contributed by atoms with E-state index in [1.165, 1.54) is 6.07 Å². The molecule has 0 unspecified atom stereocenters. The van der Waals surface area contributed by atoms with Crippen LogP contribution in [0.15, 0.2) is 18.2 Å². The van der Waals surface area contributed by atoms with Gasteiger partial charge in [-0.15, -0.1) is 0 Å². The molecule has 0 fully saturated rings. The topological polar surface area (TPSA) is 44.4 Å². The lowest BCUT2D eigenvalue weighted by molar-refractivity contribution is -0.121. The van der Waals surface area contributed by atoms with Crippen LogP contribution in [0.3, 0.4) is 0 Å². The minimum atomic E-state index is -0.209. The highest BCUT2D eigenvalue weighted by atomic mass is 19.1. The van der Waals surface area contributed by atoms with Crippen LogP contribution < -0.4 is 10.6 Å². The Labute approximate surface area is 114 Å². The molecular weight excluding hydrogens is 245 g/mol. The van der Waals surface area contributed by atoms with E-state index in [4.69, 9.17) is 0 Å². The maximum atomic E-state index is 13.6. The van der Waals surface area contributed by atoms with E-state index in [0.717, 1.165) is 5.56 Å². The Morgan fingerprint density at radius 1 is 1.37 bits per heavy atom. The first-order valence-corrected chi connectivity index (χ1v) is 6.36. The average Bonchev–Trinajstić information content (AvgIpc) is 2.36. The fraction of sp³-hybridized carbons (Fsp3) is 0.500. The molecule has 1 aromatic rings. The van der Waals surface area contributed by atoms with Gasteiger partial charge in [0.15, 0.2) is 0 Å². The van der Waals surface area contributed by atoms with Crippen LogP contribution in [-0.2, 0) is 17.9 Å². The van der Waals surface area contributed by atoms with Crippen molar-refractivity contribution in [2.75, 3.05) is 27.7 Å². The first-order chi connectivity index (χ1) is 9.02.